The van der Waals surface area contributed by atoms with E-state index in [0.29, 0.717) is 11.5 Å². The van der Waals surface area contributed by atoms with Crippen molar-refractivity contribution in [3.05, 3.63) is 76.3 Å². The summed E-state index contributed by atoms with van der Waals surface area (Å²) in [6, 6.07) is 16.2. The zero-order chi connectivity index (χ0) is 17.1. The second kappa shape index (κ2) is 6.37. The second-order valence-corrected chi connectivity index (χ2v) is 5.07. The standard InChI is InChI=1S/C18H13NO5/c1-23-16-7-5-12-6-8-17(11-14(12)10-16)24-18(20)13-3-2-4-15(9-13)19(21)22/h2-11H,1H3. The molecule has 0 aromatic heterocycles. The topological polar surface area (TPSA) is 78.7 Å². The molecule has 0 aliphatic heterocycles. The van der Waals surface area contributed by atoms with E-state index in [1.807, 2.05) is 24.3 Å². The fourth-order valence-corrected chi connectivity index (χ4v) is 2.31. The van der Waals surface area contributed by atoms with Gasteiger partial charge in [0, 0.05) is 12.1 Å². The molecule has 0 N–H and O–H groups in total. The van der Waals surface area contributed by atoms with Crippen LogP contribution in [-0.2, 0) is 0 Å². The number of hydrogen-bond acceptors (Lipinski definition) is 5. The predicted molar refractivity (Wildman–Crippen MR) is 88.6 cm³/mol. The van der Waals surface area contributed by atoms with E-state index in [9.17, 15) is 14.9 Å². The van der Waals surface area contributed by atoms with Gasteiger partial charge in [-0.25, -0.2) is 4.79 Å². The molecule has 0 fully saturated rings. The number of carbonyl (C=O) groups is 1. The molecule has 0 heterocycles. The molecule has 6 nitrogen and oxygen atoms in total. The number of non-ortho nitro benzene ring substituents is 1. The summed E-state index contributed by atoms with van der Waals surface area (Å²) < 4.78 is 10.5. The van der Waals surface area contributed by atoms with Crippen molar-refractivity contribution in [2.45, 2.75) is 0 Å². The molecule has 0 bridgehead atoms. The van der Waals surface area contributed by atoms with E-state index in [1.54, 1.807) is 19.2 Å². The van der Waals surface area contributed by atoms with E-state index in [1.165, 1.54) is 24.3 Å². The third-order valence-electron chi connectivity index (χ3n) is 3.52. The van der Waals surface area contributed by atoms with Crippen LogP contribution >= 0.6 is 0 Å². The lowest BCUT2D eigenvalue weighted by molar-refractivity contribution is -0.384. The van der Waals surface area contributed by atoms with Crippen molar-refractivity contribution >= 4 is 22.4 Å². The number of carbonyl (C=O) groups excluding carboxylic acids is 1. The minimum Gasteiger partial charge on any atom is -0.497 e. The first kappa shape index (κ1) is 15.5. The quantitative estimate of drug-likeness (QED) is 0.314. The Bertz CT molecular complexity index is 936. The van der Waals surface area contributed by atoms with Gasteiger partial charge in [-0.2, -0.15) is 0 Å². The van der Waals surface area contributed by atoms with Gasteiger partial charge in [0.2, 0.25) is 0 Å². The van der Waals surface area contributed by atoms with Crippen LogP contribution in [0.3, 0.4) is 0 Å². The fraction of sp³-hybridized carbons (Fsp3) is 0.0556. The van der Waals surface area contributed by atoms with Gasteiger partial charge in [-0.05, 0) is 41.1 Å². The summed E-state index contributed by atoms with van der Waals surface area (Å²) in [5, 5.41) is 12.6. The number of fused-ring (bicyclic) bond motifs is 1. The molecule has 6 heteroatoms. The summed E-state index contributed by atoms with van der Waals surface area (Å²) in [5.74, 6) is 0.401. The van der Waals surface area contributed by atoms with Crippen LogP contribution in [0.2, 0.25) is 0 Å². The van der Waals surface area contributed by atoms with E-state index in [2.05, 4.69) is 0 Å². The molecule has 0 radical (unpaired) electrons. The number of nitro groups is 1. The normalized spacial score (nSPS) is 10.4. The van der Waals surface area contributed by atoms with Crippen molar-refractivity contribution < 1.29 is 19.2 Å². The summed E-state index contributed by atoms with van der Waals surface area (Å²) in [7, 11) is 1.58. The Hall–Kier alpha value is -3.41. The zero-order valence-electron chi connectivity index (χ0n) is 12.8. The van der Waals surface area contributed by atoms with E-state index < -0.39 is 10.9 Å². The summed E-state index contributed by atoms with van der Waals surface area (Å²) in [6.45, 7) is 0. The first-order valence-electron chi connectivity index (χ1n) is 7.11. The molecule has 3 rings (SSSR count). The van der Waals surface area contributed by atoms with Gasteiger partial charge in [0.05, 0.1) is 17.6 Å². The molecule has 0 amide bonds. The number of hydrogen-bond donors (Lipinski definition) is 0. The molecule has 0 atom stereocenters. The third kappa shape index (κ3) is 3.17. The third-order valence-corrected chi connectivity index (χ3v) is 3.52. The minimum absolute atomic E-state index is 0.120. The van der Waals surface area contributed by atoms with Crippen LogP contribution < -0.4 is 9.47 Å². The van der Waals surface area contributed by atoms with Crippen LogP contribution in [0.4, 0.5) is 5.69 Å². The average molecular weight is 323 g/mol. The van der Waals surface area contributed by atoms with Crippen molar-refractivity contribution in [2.75, 3.05) is 7.11 Å². The van der Waals surface area contributed by atoms with Crippen LogP contribution in [0.5, 0.6) is 11.5 Å². The molecule has 0 aliphatic rings. The van der Waals surface area contributed by atoms with Gasteiger partial charge < -0.3 is 9.47 Å². The van der Waals surface area contributed by atoms with E-state index in [0.717, 1.165) is 10.8 Å². The van der Waals surface area contributed by atoms with Crippen molar-refractivity contribution in [3.63, 3.8) is 0 Å². The Morgan fingerprint density at radius 2 is 1.67 bits per heavy atom. The lowest BCUT2D eigenvalue weighted by Gasteiger charge is -2.07. The summed E-state index contributed by atoms with van der Waals surface area (Å²) >= 11 is 0. The molecule has 0 unspecified atom stereocenters. The average Bonchev–Trinajstić information content (AvgIpc) is 2.61. The monoisotopic (exact) mass is 323 g/mol. The number of methoxy groups -OCH3 is 1. The zero-order valence-corrected chi connectivity index (χ0v) is 12.8. The molecule has 0 saturated heterocycles. The van der Waals surface area contributed by atoms with E-state index in [-0.39, 0.29) is 11.3 Å². The number of nitrogens with zero attached hydrogens (tertiary/aromatic N) is 1. The highest BCUT2D eigenvalue weighted by Crippen LogP contribution is 2.25. The Balaban J connectivity index is 1.87. The lowest BCUT2D eigenvalue weighted by Crippen LogP contribution is -2.08. The van der Waals surface area contributed by atoms with Gasteiger partial charge >= 0.3 is 5.97 Å². The smallest absolute Gasteiger partial charge is 0.343 e. The van der Waals surface area contributed by atoms with E-state index >= 15 is 0 Å². The van der Waals surface area contributed by atoms with Crippen molar-refractivity contribution in [2.24, 2.45) is 0 Å². The highest BCUT2D eigenvalue weighted by molar-refractivity contribution is 5.92. The van der Waals surface area contributed by atoms with Crippen LogP contribution in [0.1, 0.15) is 10.4 Å². The van der Waals surface area contributed by atoms with Gasteiger partial charge in [0.15, 0.2) is 0 Å². The van der Waals surface area contributed by atoms with Crippen molar-refractivity contribution in [3.8, 4) is 11.5 Å². The van der Waals surface area contributed by atoms with Gasteiger partial charge in [0.1, 0.15) is 11.5 Å². The van der Waals surface area contributed by atoms with Gasteiger partial charge in [0.25, 0.3) is 5.69 Å². The molecule has 24 heavy (non-hydrogen) atoms. The van der Waals surface area contributed by atoms with Crippen LogP contribution in [0, 0.1) is 10.1 Å². The molecule has 0 spiro atoms. The Kier molecular flexibility index (Phi) is 4.11. The van der Waals surface area contributed by atoms with Crippen molar-refractivity contribution in [1.82, 2.24) is 0 Å². The van der Waals surface area contributed by atoms with Gasteiger partial charge in [-0.1, -0.05) is 18.2 Å². The number of esters is 1. The second-order valence-electron chi connectivity index (χ2n) is 5.07. The Morgan fingerprint density at radius 3 is 2.38 bits per heavy atom. The van der Waals surface area contributed by atoms with Crippen LogP contribution in [-0.4, -0.2) is 18.0 Å². The summed E-state index contributed by atoms with van der Waals surface area (Å²) in [5.41, 5.74) is -0.0392. The number of benzene rings is 3. The van der Waals surface area contributed by atoms with Gasteiger partial charge in [-0.3, -0.25) is 10.1 Å². The predicted octanol–water partition coefficient (Wildman–Crippen LogP) is 3.98. The van der Waals surface area contributed by atoms with E-state index in [4.69, 9.17) is 9.47 Å². The number of nitro benzene ring substituents is 1. The number of rotatable bonds is 4. The highest BCUT2D eigenvalue weighted by Gasteiger charge is 2.13. The summed E-state index contributed by atoms with van der Waals surface area (Å²) in [6.07, 6.45) is 0. The van der Waals surface area contributed by atoms with Crippen LogP contribution in [0.15, 0.2) is 60.7 Å². The molecule has 0 saturated carbocycles. The largest absolute Gasteiger partial charge is 0.497 e. The molecule has 3 aromatic rings. The first-order valence-corrected chi connectivity index (χ1v) is 7.11. The molecule has 120 valence electrons. The highest BCUT2D eigenvalue weighted by atomic mass is 16.6. The van der Waals surface area contributed by atoms with Crippen molar-refractivity contribution in [1.29, 1.82) is 0 Å². The lowest BCUT2D eigenvalue weighted by atomic mass is 10.1. The molecule has 3 aromatic carbocycles. The number of ether oxygens (including phenoxy) is 2. The minimum atomic E-state index is -0.652. The molecule has 0 aliphatic carbocycles. The van der Waals surface area contributed by atoms with Gasteiger partial charge in [-0.15, -0.1) is 0 Å². The molecular weight excluding hydrogens is 310 g/mol. The fourth-order valence-electron chi connectivity index (χ4n) is 2.31. The Labute approximate surface area is 137 Å². The van der Waals surface area contributed by atoms with Crippen LogP contribution in [0.25, 0.3) is 10.8 Å². The Morgan fingerprint density at radius 1 is 0.958 bits per heavy atom. The summed E-state index contributed by atoms with van der Waals surface area (Å²) in [4.78, 5) is 22.4. The first-order chi connectivity index (χ1) is 11.6. The maximum atomic E-state index is 12.2. The SMILES string of the molecule is COc1ccc2ccc(OC(=O)c3cccc([N+](=O)[O-])c3)cc2c1. The maximum Gasteiger partial charge on any atom is 0.343 e. The molecular formula is C18H13NO5. The maximum absolute atomic E-state index is 12.2.